The predicted molar refractivity (Wildman–Crippen MR) is 105 cm³/mol. The molecule has 2 N–H and O–H groups in total. The normalized spacial score (nSPS) is 11.9. The van der Waals surface area contributed by atoms with Gasteiger partial charge in [-0.2, -0.15) is 13.2 Å². The van der Waals surface area contributed by atoms with E-state index in [1.807, 2.05) is 18.2 Å². The standard InChI is InChI=1S/C22H16F3NO3/c23-22(24,25)12-26-14-5-7-17-19(9-14)29-20-10-15(28)6-8-18(20)21(17)16-4-2-1-3-13(16)11-27/h1-10,26-27H,11-12H2. The van der Waals surface area contributed by atoms with E-state index in [0.29, 0.717) is 27.9 Å². The second-order valence-corrected chi connectivity index (χ2v) is 6.63. The topological polar surface area (TPSA) is 62.5 Å². The predicted octanol–water partition coefficient (Wildman–Crippen LogP) is 5.03. The van der Waals surface area contributed by atoms with Gasteiger partial charge in [-0.1, -0.05) is 24.3 Å². The van der Waals surface area contributed by atoms with Crippen LogP contribution in [0.1, 0.15) is 5.56 Å². The first-order valence-corrected chi connectivity index (χ1v) is 8.86. The van der Waals surface area contributed by atoms with Crippen LogP contribution in [0.4, 0.5) is 18.9 Å². The van der Waals surface area contributed by atoms with Crippen molar-refractivity contribution >= 4 is 16.7 Å². The Kier molecular flexibility index (Phi) is 4.76. The molecule has 4 nitrogen and oxygen atoms in total. The van der Waals surface area contributed by atoms with Crippen molar-refractivity contribution in [3.8, 4) is 22.5 Å². The van der Waals surface area contributed by atoms with E-state index in [2.05, 4.69) is 5.32 Å². The number of fused-ring (bicyclic) bond motifs is 2. The van der Waals surface area contributed by atoms with Gasteiger partial charge >= 0.3 is 6.18 Å². The highest BCUT2D eigenvalue weighted by atomic mass is 19.4. The molecule has 0 saturated heterocycles. The first kappa shape index (κ1) is 19.0. The molecule has 0 spiro atoms. The average Bonchev–Trinajstić information content (AvgIpc) is 2.69. The van der Waals surface area contributed by atoms with Gasteiger partial charge in [-0.25, -0.2) is 0 Å². The van der Waals surface area contributed by atoms with Crippen molar-refractivity contribution in [3.63, 3.8) is 0 Å². The van der Waals surface area contributed by atoms with Crippen LogP contribution in [0.5, 0.6) is 0 Å². The van der Waals surface area contributed by atoms with E-state index in [-0.39, 0.29) is 17.7 Å². The maximum Gasteiger partial charge on any atom is 0.405 e. The lowest BCUT2D eigenvalue weighted by Gasteiger charge is -2.18. The molecule has 4 rings (SSSR count). The van der Waals surface area contributed by atoms with E-state index in [4.69, 9.17) is 4.42 Å². The van der Waals surface area contributed by atoms with Crippen LogP contribution in [-0.4, -0.2) is 17.8 Å². The number of hydrogen-bond acceptors (Lipinski definition) is 4. The molecular weight excluding hydrogens is 383 g/mol. The van der Waals surface area contributed by atoms with Crippen LogP contribution in [0.2, 0.25) is 0 Å². The second kappa shape index (κ2) is 7.25. The van der Waals surface area contributed by atoms with Crippen LogP contribution in [0, 0.1) is 0 Å². The molecule has 0 atom stereocenters. The van der Waals surface area contributed by atoms with Gasteiger partial charge in [0.05, 0.1) is 6.61 Å². The van der Waals surface area contributed by atoms with Gasteiger partial charge in [0.2, 0.25) is 0 Å². The maximum absolute atomic E-state index is 12.5. The monoisotopic (exact) mass is 399 g/mol. The fraction of sp³-hybridized carbons (Fsp3) is 0.136. The van der Waals surface area contributed by atoms with Crippen molar-refractivity contribution in [1.29, 1.82) is 0 Å². The van der Waals surface area contributed by atoms with Gasteiger partial charge in [-0.3, -0.25) is 4.79 Å². The van der Waals surface area contributed by atoms with Gasteiger partial charge in [0, 0.05) is 34.3 Å². The molecule has 2 aliphatic rings. The lowest BCUT2D eigenvalue weighted by atomic mass is 9.91. The molecule has 0 bridgehead atoms. The van der Waals surface area contributed by atoms with Crippen LogP contribution >= 0.6 is 0 Å². The lowest BCUT2D eigenvalue weighted by molar-refractivity contribution is -0.115. The largest absolute Gasteiger partial charge is 0.456 e. The Morgan fingerprint density at radius 2 is 1.76 bits per heavy atom. The van der Waals surface area contributed by atoms with E-state index in [1.165, 1.54) is 18.2 Å². The molecule has 7 heteroatoms. The van der Waals surface area contributed by atoms with E-state index < -0.39 is 12.7 Å². The maximum atomic E-state index is 12.5. The highest BCUT2D eigenvalue weighted by molar-refractivity contribution is 6.03. The summed E-state index contributed by atoms with van der Waals surface area (Å²) >= 11 is 0. The zero-order valence-electron chi connectivity index (χ0n) is 15.1. The number of aliphatic hydroxyl groups is 1. The first-order valence-electron chi connectivity index (χ1n) is 8.86. The third-order valence-electron chi connectivity index (χ3n) is 4.64. The zero-order valence-corrected chi connectivity index (χ0v) is 15.1. The Bertz CT molecular complexity index is 1210. The van der Waals surface area contributed by atoms with E-state index >= 15 is 0 Å². The smallest absolute Gasteiger partial charge is 0.405 e. The molecule has 148 valence electrons. The van der Waals surface area contributed by atoms with Gasteiger partial charge in [-0.15, -0.1) is 0 Å². The number of aliphatic hydroxyl groups excluding tert-OH is 1. The molecule has 1 heterocycles. The Morgan fingerprint density at radius 1 is 0.966 bits per heavy atom. The minimum absolute atomic E-state index is 0.184. The van der Waals surface area contributed by atoms with Crippen molar-refractivity contribution in [3.05, 3.63) is 76.5 Å². The van der Waals surface area contributed by atoms with Gasteiger partial charge in [0.15, 0.2) is 5.43 Å². The van der Waals surface area contributed by atoms with Gasteiger partial charge in [-0.05, 0) is 35.4 Å². The summed E-state index contributed by atoms with van der Waals surface area (Å²) in [6, 6.07) is 16.4. The SMILES string of the molecule is O=c1ccc2c(-c3ccccc3CO)c3ccc(NCC(F)(F)F)cc3oc-2c1. The van der Waals surface area contributed by atoms with Crippen LogP contribution in [-0.2, 0) is 6.61 Å². The van der Waals surface area contributed by atoms with Crippen molar-refractivity contribution in [1.82, 2.24) is 0 Å². The van der Waals surface area contributed by atoms with Crippen molar-refractivity contribution in [2.75, 3.05) is 11.9 Å². The summed E-state index contributed by atoms with van der Waals surface area (Å²) in [5.41, 5.74) is 3.20. The quantitative estimate of drug-likeness (QED) is 0.473. The summed E-state index contributed by atoms with van der Waals surface area (Å²) in [4.78, 5) is 11.8. The highest BCUT2D eigenvalue weighted by Crippen LogP contribution is 2.41. The van der Waals surface area contributed by atoms with Gasteiger partial charge < -0.3 is 14.8 Å². The summed E-state index contributed by atoms with van der Waals surface area (Å²) in [6.07, 6.45) is -4.35. The van der Waals surface area contributed by atoms with Crippen LogP contribution in [0.3, 0.4) is 0 Å². The molecule has 0 saturated carbocycles. The third kappa shape index (κ3) is 3.82. The molecule has 1 aliphatic heterocycles. The van der Waals surface area contributed by atoms with Gasteiger partial charge in [0.25, 0.3) is 0 Å². The minimum atomic E-state index is -4.35. The second-order valence-electron chi connectivity index (χ2n) is 6.63. The number of nitrogens with one attached hydrogen (secondary N) is 1. The fourth-order valence-corrected chi connectivity index (χ4v) is 3.37. The van der Waals surface area contributed by atoms with Crippen LogP contribution < -0.4 is 10.7 Å². The number of benzene rings is 3. The summed E-state index contributed by atoms with van der Waals surface area (Å²) < 4.78 is 43.4. The molecule has 1 aliphatic carbocycles. The minimum Gasteiger partial charge on any atom is -0.456 e. The van der Waals surface area contributed by atoms with Gasteiger partial charge in [0.1, 0.15) is 17.9 Å². The number of rotatable bonds is 4. The molecule has 0 unspecified atom stereocenters. The Labute approximate surface area is 163 Å². The molecule has 2 aromatic carbocycles. The fourth-order valence-electron chi connectivity index (χ4n) is 3.37. The highest BCUT2D eigenvalue weighted by Gasteiger charge is 2.27. The molecule has 2 aromatic rings. The van der Waals surface area contributed by atoms with E-state index in [1.54, 1.807) is 24.3 Å². The number of hydrogen-bond donors (Lipinski definition) is 2. The van der Waals surface area contributed by atoms with E-state index in [9.17, 15) is 23.1 Å². The molecule has 0 fully saturated rings. The summed E-state index contributed by atoms with van der Waals surface area (Å²) in [5.74, 6) is 0.320. The lowest BCUT2D eigenvalue weighted by Crippen LogP contribution is -2.21. The Morgan fingerprint density at radius 3 is 2.52 bits per heavy atom. The Hall–Kier alpha value is -3.32. The zero-order chi connectivity index (χ0) is 20.6. The number of alkyl halides is 3. The molecule has 0 radical (unpaired) electrons. The average molecular weight is 399 g/mol. The van der Waals surface area contributed by atoms with Crippen molar-refractivity contribution in [2.45, 2.75) is 12.8 Å². The third-order valence-corrected chi connectivity index (χ3v) is 4.64. The summed E-state index contributed by atoms with van der Waals surface area (Å²) in [5, 5.41) is 12.8. The molecule has 0 aromatic heterocycles. The van der Waals surface area contributed by atoms with E-state index in [0.717, 1.165) is 11.1 Å². The first-order chi connectivity index (χ1) is 13.9. The molecule has 29 heavy (non-hydrogen) atoms. The Balaban J connectivity index is 1.98. The molecule has 0 amide bonds. The van der Waals surface area contributed by atoms with Crippen molar-refractivity contribution in [2.24, 2.45) is 0 Å². The number of anilines is 1. The van der Waals surface area contributed by atoms with Crippen molar-refractivity contribution < 1.29 is 22.7 Å². The van der Waals surface area contributed by atoms with Crippen LogP contribution in [0.25, 0.3) is 33.4 Å². The molecular formula is C22H16F3NO3. The summed E-state index contributed by atoms with van der Waals surface area (Å²) in [6.45, 7) is -1.35. The summed E-state index contributed by atoms with van der Waals surface area (Å²) in [7, 11) is 0. The van der Waals surface area contributed by atoms with Crippen LogP contribution in [0.15, 0.2) is 69.9 Å². The number of halogens is 3.